The van der Waals surface area contributed by atoms with Gasteiger partial charge in [0.15, 0.2) is 5.78 Å². The number of benzene rings is 1. The molecule has 0 radical (unpaired) electrons. The van der Waals surface area contributed by atoms with Gasteiger partial charge in [0.2, 0.25) is 0 Å². The van der Waals surface area contributed by atoms with Gasteiger partial charge in [0.05, 0.1) is 18.9 Å². The predicted molar refractivity (Wildman–Crippen MR) is 103 cm³/mol. The molecule has 0 aliphatic heterocycles. The Morgan fingerprint density at radius 1 is 1.19 bits per heavy atom. The molecule has 3 rings (SSSR count). The molecule has 1 aliphatic carbocycles. The van der Waals surface area contributed by atoms with Crippen LogP contribution in [0, 0.1) is 0 Å². The molecule has 1 aliphatic rings. The van der Waals surface area contributed by atoms with Crippen LogP contribution < -0.4 is 5.32 Å². The van der Waals surface area contributed by atoms with Crippen molar-refractivity contribution < 1.29 is 13.6 Å². The molecule has 1 unspecified atom stereocenters. The average molecular weight is 396 g/mol. The van der Waals surface area contributed by atoms with Crippen molar-refractivity contribution in [1.29, 1.82) is 0 Å². The van der Waals surface area contributed by atoms with E-state index in [-0.39, 0.29) is 13.2 Å². The Morgan fingerprint density at radius 2 is 1.85 bits per heavy atom. The van der Waals surface area contributed by atoms with Gasteiger partial charge >= 0.3 is 7.60 Å². The van der Waals surface area contributed by atoms with E-state index in [9.17, 15) is 4.57 Å². The van der Waals surface area contributed by atoms with E-state index in [1.54, 1.807) is 38.2 Å². The van der Waals surface area contributed by atoms with Crippen LogP contribution in [0.1, 0.15) is 49.9 Å². The fourth-order valence-corrected chi connectivity index (χ4v) is 4.64. The molecular weight excluding hydrogens is 373 g/mol. The number of hydrogen-bond acceptors (Lipinski definition) is 6. The summed E-state index contributed by atoms with van der Waals surface area (Å²) in [6, 6.07) is 8.93. The molecule has 0 amide bonds. The molecule has 1 aromatic carbocycles. The van der Waals surface area contributed by atoms with Crippen LogP contribution in [-0.4, -0.2) is 23.2 Å². The van der Waals surface area contributed by atoms with E-state index in [1.807, 2.05) is 12.1 Å². The minimum atomic E-state index is -3.49. The molecule has 0 bridgehead atoms. The number of nitrogens with zero attached hydrogens (tertiary/aromatic N) is 2. The normalized spacial score (nSPS) is 15.7. The molecular formula is C18H23ClN3O3P. The van der Waals surface area contributed by atoms with E-state index in [1.165, 1.54) is 0 Å². The molecule has 2 aromatic rings. The Morgan fingerprint density at radius 3 is 2.42 bits per heavy atom. The third kappa shape index (κ3) is 4.63. The van der Waals surface area contributed by atoms with E-state index in [2.05, 4.69) is 15.3 Å². The average Bonchev–Trinajstić information content (AvgIpc) is 3.47. The summed E-state index contributed by atoms with van der Waals surface area (Å²) in [5, 5.41) is 3.88. The topological polar surface area (TPSA) is 73.3 Å². The standard InChI is InChI=1S/C18H23ClN3O3P/c1-3-24-26(23,25-4-2)18(21-15-9-7-14(19)8-10-15)16-11-12-20-17(22-16)13-5-6-13/h7-13,18,21H,3-6H2,1-2H3. The zero-order valence-corrected chi connectivity index (χ0v) is 16.5. The highest BCUT2D eigenvalue weighted by atomic mass is 35.5. The Balaban J connectivity index is 1.98. The van der Waals surface area contributed by atoms with Gasteiger partial charge in [0, 0.05) is 22.8 Å². The lowest BCUT2D eigenvalue weighted by atomic mass is 10.3. The van der Waals surface area contributed by atoms with Crippen molar-refractivity contribution in [2.75, 3.05) is 18.5 Å². The maximum atomic E-state index is 13.5. The van der Waals surface area contributed by atoms with Crippen LogP contribution in [0.2, 0.25) is 5.02 Å². The lowest BCUT2D eigenvalue weighted by Crippen LogP contribution is -2.17. The zero-order valence-electron chi connectivity index (χ0n) is 14.9. The highest BCUT2D eigenvalue weighted by molar-refractivity contribution is 7.54. The fraction of sp³-hybridized carbons (Fsp3) is 0.444. The first kappa shape index (κ1) is 19.3. The highest BCUT2D eigenvalue weighted by Crippen LogP contribution is 2.60. The Bertz CT molecular complexity index is 774. The SMILES string of the molecule is CCOP(=O)(OCC)C(Nc1ccc(Cl)cc1)c1ccnc(C2CC2)n1. The molecule has 1 saturated carbocycles. The van der Waals surface area contributed by atoms with Crippen molar-refractivity contribution in [3.63, 3.8) is 0 Å². The van der Waals surface area contributed by atoms with E-state index in [4.69, 9.17) is 20.6 Å². The summed E-state index contributed by atoms with van der Waals surface area (Å²) in [5.41, 5.74) is 1.35. The minimum Gasteiger partial charge on any atom is -0.367 e. The smallest absolute Gasteiger partial charge is 0.358 e. The number of anilines is 1. The highest BCUT2D eigenvalue weighted by Gasteiger charge is 2.39. The molecule has 1 atom stereocenters. The molecule has 1 fully saturated rings. The fourth-order valence-electron chi connectivity index (χ4n) is 2.64. The van der Waals surface area contributed by atoms with E-state index >= 15 is 0 Å². The third-order valence-corrected chi connectivity index (χ3v) is 6.51. The molecule has 1 N–H and O–H groups in total. The summed E-state index contributed by atoms with van der Waals surface area (Å²) in [6.07, 6.45) is 3.88. The van der Waals surface area contributed by atoms with Gasteiger partial charge < -0.3 is 14.4 Å². The molecule has 26 heavy (non-hydrogen) atoms. The number of halogens is 1. The first-order chi connectivity index (χ1) is 12.6. The van der Waals surface area contributed by atoms with E-state index < -0.39 is 13.4 Å². The molecule has 140 valence electrons. The molecule has 1 heterocycles. The van der Waals surface area contributed by atoms with E-state index in [0.29, 0.717) is 16.6 Å². The Labute approximate surface area is 158 Å². The summed E-state index contributed by atoms with van der Waals surface area (Å²) in [5.74, 6) is 0.443. The van der Waals surface area contributed by atoms with Gasteiger partial charge in [-0.2, -0.15) is 0 Å². The number of rotatable bonds is 9. The van der Waals surface area contributed by atoms with Gasteiger partial charge in [-0.05, 0) is 57.0 Å². The predicted octanol–water partition coefficient (Wildman–Crippen LogP) is 5.38. The summed E-state index contributed by atoms with van der Waals surface area (Å²) in [4.78, 5) is 9.00. The van der Waals surface area contributed by atoms with Crippen LogP contribution in [0.4, 0.5) is 5.69 Å². The van der Waals surface area contributed by atoms with Crippen molar-refractivity contribution in [1.82, 2.24) is 9.97 Å². The van der Waals surface area contributed by atoms with Crippen LogP contribution in [0.5, 0.6) is 0 Å². The third-order valence-electron chi connectivity index (χ3n) is 4.00. The largest absolute Gasteiger partial charge is 0.367 e. The summed E-state index contributed by atoms with van der Waals surface area (Å²) >= 11 is 5.96. The van der Waals surface area contributed by atoms with Gasteiger partial charge in [0.1, 0.15) is 5.82 Å². The van der Waals surface area contributed by atoms with Crippen LogP contribution in [-0.2, 0) is 13.6 Å². The molecule has 1 aromatic heterocycles. The van der Waals surface area contributed by atoms with Crippen LogP contribution >= 0.6 is 19.2 Å². The molecule has 0 spiro atoms. The van der Waals surface area contributed by atoms with Gasteiger partial charge in [-0.3, -0.25) is 4.57 Å². The van der Waals surface area contributed by atoms with Crippen molar-refractivity contribution in [3.8, 4) is 0 Å². The minimum absolute atomic E-state index is 0.274. The monoisotopic (exact) mass is 395 g/mol. The second-order valence-electron chi connectivity index (χ2n) is 6.04. The summed E-state index contributed by atoms with van der Waals surface area (Å²) in [7, 11) is -3.49. The van der Waals surface area contributed by atoms with Crippen LogP contribution in [0.15, 0.2) is 36.5 Å². The Hall–Kier alpha value is -1.46. The second-order valence-corrected chi connectivity index (χ2v) is 8.59. The molecule has 0 saturated heterocycles. The number of nitrogens with one attached hydrogen (secondary N) is 1. The van der Waals surface area contributed by atoms with Crippen LogP contribution in [0.3, 0.4) is 0 Å². The van der Waals surface area contributed by atoms with Crippen molar-refractivity contribution in [2.45, 2.75) is 38.4 Å². The first-order valence-corrected chi connectivity index (χ1v) is 10.8. The zero-order chi connectivity index (χ0) is 18.6. The summed E-state index contributed by atoms with van der Waals surface area (Å²) < 4.78 is 24.7. The maximum Gasteiger partial charge on any atom is 0.358 e. The van der Waals surface area contributed by atoms with Crippen LogP contribution in [0.25, 0.3) is 0 Å². The maximum absolute atomic E-state index is 13.5. The summed E-state index contributed by atoms with van der Waals surface area (Å²) in [6.45, 7) is 4.13. The number of hydrogen-bond donors (Lipinski definition) is 1. The second kappa shape index (κ2) is 8.49. The van der Waals surface area contributed by atoms with Gasteiger partial charge in [-0.1, -0.05) is 11.6 Å². The number of aromatic nitrogens is 2. The lowest BCUT2D eigenvalue weighted by Gasteiger charge is -2.27. The quantitative estimate of drug-likeness (QED) is 0.574. The van der Waals surface area contributed by atoms with Gasteiger partial charge in [-0.25, -0.2) is 9.97 Å². The Kier molecular flexibility index (Phi) is 6.30. The molecule has 6 nitrogen and oxygen atoms in total. The van der Waals surface area contributed by atoms with Crippen molar-refractivity contribution in [3.05, 3.63) is 53.1 Å². The molecule has 8 heteroatoms. The van der Waals surface area contributed by atoms with Gasteiger partial charge in [-0.15, -0.1) is 0 Å². The van der Waals surface area contributed by atoms with Crippen molar-refractivity contribution >= 4 is 24.9 Å². The van der Waals surface area contributed by atoms with Gasteiger partial charge in [0.25, 0.3) is 0 Å². The first-order valence-electron chi connectivity index (χ1n) is 8.79. The van der Waals surface area contributed by atoms with E-state index in [0.717, 1.165) is 24.4 Å². The lowest BCUT2D eigenvalue weighted by molar-refractivity contribution is 0.213. The van der Waals surface area contributed by atoms with Crippen molar-refractivity contribution in [2.24, 2.45) is 0 Å².